The second-order valence-electron chi connectivity index (χ2n) is 6.79. The van der Waals surface area contributed by atoms with Crippen LogP contribution >= 0.6 is 11.6 Å². The minimum absolute atomic E-state index is 0.136. The second kappa shape index (κ2) is 12.1. The van der Waals surface area contributed by atoms with E-state index in [0.29, 0.717) is 30.3 Å². The summed E-state index contributed by atoms with van der Waals surface area (Å²) in [5.41, 5.74) is 0.957. The monoisotopic (exact) mass is 416 g/mol. The first-order valence-corrected chi connectivity index (χ1v) is 10.4. The predicted octanol–water partition coefficient (Wildman–Crippen LogP) is 4.44. The molecule has 0 spiro atoms. The molecule has 1 unspecified atom stereocenters. The SMILES string of the molecule is CCCCNC(=O)C(CC)N(Cc1ccccc1)C(=O)COc1ccccc1Cl. The van der Waals surface area contributed by atoms with E-state index in [2.05, 4.69) is 12.2 Å². The highest BCUT2D eigenvalue weighted by Crippen LogP contribution is 2.23. The Kier molecular flexibility index (Phi) is 9.51. The van der Waals surface area contributed by atoms with Gasteiger partial charge in [0.2, 0.25) is 5.91 Å². The first-order chi connectivity index (χ1) is 14.1. The van der Waals surface area contributed by atoms with Crippen LogP contribution in [0.1, 0.15) is 38.7 Å². The minimum atomic E-state index is -0.561. The Morgan fingerprint density at radius 1 is 1.07 bits per heavy atom. The lowest BCUT2D eigenvalue weighted by molar-refractivity contribution is -0.143. The first-order valence-electron chi connectivity index (χ1n) is 10.0. The van der Waals surface area contributed by atoms with Gasteiger partial charge in [0.1, 0.15) is 11.8 Å². The maximum atomic E-state index is 13.0. The maximum Gasteiger partial charge on any atom is 0.261 e. The Labute approximate surface area is 178 Å². The van der Waals surface area contributed by atoms with Gasteiger partial charge in [-0.1, -0.05) is 74.3 Å². The number of nitrogens with one attached hydrogen (secondary N) is 1. The summed E-state index contributed by atoms with van der Waals surface area (Å²) >= 11 is 6.11. The van der Waals surface area contributed by atoms with Crippen LogP contribution in [0.3, 0.4) is 0 Å². The number of carbonyl (C=O) groups is 2. The third-order valence-electron chi connectivity index (χ3n) is 4.60. The molecule has 156 valence electrons. The van der Waals surface area contributed by atoms with Crippen molar-refractivity contribution < 1.29 is 14.3 Å². The average molecular weight is 417 g/mol. The van der Waals surface area contributed by atoms with Gasteiger partial charge in [0.05, 0.1) is 5.02 Å². The van der Waals surface area contributed by atoms with E-state index in [1.807, 2.05) is 37.3 Å². The number of para-hydroxylation sites is 1. The maximum absolute atomic E-state index is 13.0. The third-order valence-corrected chi connectivity index (χ3v) is 4.91. The molecule has 0 aliphatic heterocycles. The molecular weight excluding hydrogens is 388 g/mol. The lowest BCUT2D eigenvalue weighted by Gasteiger charge is -2.30. The molecule has 0 bridgehead atoms. The van der Waals surface area contributed by atoms with Gasteiger partial charge in [-0.05, 0) is 30.5 Å². The van der Waals surface area contributed by atoms with E-state index < -0.39 is 6.04 Å². The molecule has 2 aromatic rings. The number of unbranched alkanes of at least 4 members (excludes halogenated alkanes) is 1. The summed E-state index contributed by atoms with van der Waals surface area (Å²) in [6, 6.07) is 16.1. The van der Waals surface area contributed by atoms with Crippen LogP contribution < -0.4 is 10.1 Å². The van der Waals surface area contributed by atoms with Gasteiger partial charge in [0.15, 0.2) is 6.61 Å². The molecule has 5 nitrogen and oxygen atoms in total. The summed E-state index contributed by atoms with van der Waals surface area (Å²) in [4.78, 5) is 27.4. The summed E-state index contributed by atoms with van der Waals surface area (Å²) in [6.07, 6.45) is 2.42. The molecule has 0 radical (unpaired) electrons. The number of carbonyl (C=O) groups excluding carboxylic acids is 2. The fourth-order valence-corrected chi connectivity index (χ4v) is 3.18. The standard InChI is InChI=1S/C23H29ClN2O3/c1-3-5-15-25-23(28)20(4-2)26(16-18-11-7-6-8-12-18)22(27)17-29-21-14-10-9-13-19(21)24/h6-14,20H,3-5,15-17H2,1-2H3,(H,25,28). The minimum Gasteiger partial charge on any atom is -0.482 e. The smallest absolute Gasteiger partial charge is 0.261 e. The van der Waals surface area contributed by atoms with Crippen molar-refractivity contribution in [1.82, 2.24) is 10.2 Å². The lowest BCUT2D eigenvalue weighted by Crippen LogP contribution is -2.50. The quantitative estimate of drug-likeness (QED) is 0.551. The number of amides is 2. The number of benzene rings is 2. The van der Waals surface area contributed by atoms with Crippen LogP contribution in [0.4, 0.5) is 0 Å². The number of hydrogen-bond acceptors (Lipinski definition) is 3. The van der Waals surface area contributed by atoms with E-state index in [-0.39, 0.29) is 18.4 Å². The number of ether oxygens (including phenoxy) is 1. The Morgan fingerprint density at radius 3 is 2.41 bits per heavy atom. The summed E-state index contributed by atoms with van der Waals surface area (Å²) in [5, 5.41) is 3.39. The zero-order chi connectivity index (χ0) is 21.1. The van der Waals surface area contributed by atoms with Gasteiger partial charge in [-0.15, -0.1) is 0 Å². The molecule has 0 aliphatic carbocycles. The van der Waals surface area contributed by atoms with Crippen LogP contribution in [0.25, 0.3) is 0 Å². The zero-order valence-electron chi connectivity index (χ0n) is 17.1. The van der Waals surface area contributed by atoms with Crippen LogP contribution in [0.5, 0.6) is 5.75 Å². The van der Waals surface area contributed by atoms with E-state index in [4.69, 9.17) is 16.3 Å². The predicted molar refractivity (Wildman–Crippen MR) is 116 cm³/mol. The fourth-order valence-electron chi connectivity index (χ4n) is 2.99. The number of rotatable bonds is 11. The Hall–Kier alpha value is -2.53. The molecule has 2 rings (SSSR count). The lowest BCUT2D eigenvalue weighted by atomic mass is 10.1. The van der Waals surface area contributed by atoms with Crippen LogP contribution in [-0.4, -0.2) is 35.9 Å². The number of hydrogen-bond donors (Lipinski definition) is 1. The van der Waals surface area contributed by atoms with Gasteiger partial charge in [-0.3, -0.25) is 9.59 Å². The molecule has 0 heterocycles. The molecule has 29 heavy (non-hydrogen) atoms. The molecule has 0 aliphatic rings. The molecule has 2 amide bonds. The molecule has 0 aromatic heterocycles. The Bertz CT molecular complexity index is 783. The van der Waals surface area contributed by atoms with Gasteiger partial charge in [0, 0.05) is 13.1 Å². The summed E-state index contributed by atoms with van der Waals surface area (Å²) in [5.74, 6) is 0.0527. The highest BCUT2D eigenvalue weighted by atomic mass is 35.5. The largest absolute Gasteiger partial charge is 0.482 e. The van der Waals surface area contributed by atoms with Gasteiger partial charge in [-0.25, -0.2) is 0 Å². The van der Waals surface area contributed by atoms with Crippen molar-refractivity contribution in [1.29, 1.82) is 0 Å². The molecule has 6 heteroatoms. The Balaban J connectivity index is 2.15. The second-order valence-corrected chi connectivity index (χ2v) is 7.20. The van der Waals surface area contributed by atoms with Crippen LogP contribution in [0.2, 0.25) is 5.02 Å². The van der Waals surface area contributed by atoms with E-state index >= 15 is 0 Å². The zero-order valence-corrected chi connectivity index (χ0v) is 17.8. The van der Waals surface area contributed by atoms with Crippen molar-refractivity contribution >= 4 is 23.4 Å². The van der Waals surface area contributed by atoms with Crippen molar-refractivity contribution in [3.63, 3.8) is 0 Å². The van der Waals surface area contributed by atoms with Gasteiger partial charge < -0.3 is 15.0 Å². The van der Waals surface area contributed by atoms with Crippen molar-refractivity contribution in [2.75, 3.05) is 13.2 Å². The number of nitrogens with zero attached hydrogens (tertiary/aromatic N) is 1. The van der Waals surface area contributed by atoms with E-state index in [1.54, 1.807) is 29.2 Å². The van der Waals surface area contributed by atoms with E-state index in [9.17, 15) is 9.59 Å². The van der Waals surface area contributed by atoms with E-state index in [0.717, 1.165) is 18.4 Å². The molecule has 0 saturated heterocycles. The third kappa shape index (κ3) is 7.09. The van der Waals surface area contributed by atoms with Gasteiger partial charge in [-0.2, -0.15) is 0 Å². The normalized spacial score (nSPS) is 11.6. The Morgan fingerprint density at radius 2 is 1.76 bits per heavy atom. The van der Waals surface area contributed by atoms with Crippen molar-refractivity contribution in [3.05, 3.63) is 65.2 Å². The van der Waals surface area contributed by atoms with Crippen molar-refractivity contribution in [2.45, 2.75) is 45.7 Å². The van der Waals surface area contributed by atoms with E-state index in [1.165, 1.54) is 0 Å². The molecule has 1 atom stereocenters. The molecule has 1 N–H and O–H groups in total. The van der Waals surface area contributed by atoms with Crippen LogP contribution in [-0.2, 0) is 16.1 Å². The highest BCUT2D eigenvalue weighted by Gasteiger charge is 2.28. The summed E-state index contributed by atoms with van der Waals surface area (Å²) < 4.78 is 5.64. The van der Waals surface area contributed by atoms with Gasteiger partial charge in [0.25, 0.3) is 5.91 Å². The van der Waals surface area contributed by atoms with Crippen molar-refractivity contribution in [2.24, 2.45) is 0 Å². The molecule has 0 fully saturated rings. The number of halogens is 1. The average Bonchev–Trinajstić information content (AvgIpc) is 2.73. The highest BCUT2D eigenvalue weighted by molar-refractivity contribution is 6.32. The van der Waals surface area contributed by atoms with Gasteiger partial charge >= 0.3 is 0 Å². The van der Waals surface area contributed by atoms with Crippen LogP contribution in [0, 0.1) is 0 Å². The fraction of sp³-hybridized carbons (Fsp3) is 0.391. The molecule has 2 aromatic carbocycles. The van der Waals surface area contributed by atoms with Crippen LogP contribution in [0.15, 0.2) is 54.6 Å². The molecular formula is C23H29ClN2O3. The first kappa shape index (κ1) is 22.8. The summed E-state index contributed by atoms with van der Waals surface area (Å²) in [7, 11) is 0. The molecule has 0 saturated carbocycles. The summed E-state index contributed by atoms with van der Waals surface area (Å²) in [6.45, 7) is 4.74. The van der Waals surface area contributed by atoms with Crippen molar-refractivity contribution in [3.8, 4) is 5.75 Å². The topological polar surface area (TPSA) is 58.6 Å².